The summed E-state index contributed by atoms with van der Waals surface area (Å²) in [6.45, 7) is 4.24. The number of aryl methyl sites for hydroxylation is 2. The third-order valence-corrected chi connectivity index (χ3v) is 3.89. The minimum Gasteiger partial charge on any atom is -0.459 e. The fourth-order valence-electron chi connectivity index (χ4n) is 2.69. The number of hydrogen-bond donors (Lipinski definition) is 0. The number of fused-ring (bicyclic) bond motifs is 3. The molecule has 3 rings (SSSR count). The van der Waals surface area contributed by atoms with Gasteiger partial charge in [-0.25, -0.2) is 9.75 Å². The first-order valence-corrected chi connectivity index (χ1v) is 7.27. The molecule has 0 aliphatic heterocycles. The molecule has 0 radical (unpaired) electrons. The van der Waals surface area contributed by atoms with Crippen molar-refractivity contribution >= 4 is 27.9 Å². The molecule has 1 amide bonds. The van der Waals surface area contributed by atoms with Crippen LogP contribution in [0.15, 0.2) is 21.5 Å². The van der Waals surface area contributed by atoms with Gasteiger partial charge < -0.3 is 8.98 Å². The van der Waals surface area contributed by atoms with Crippen LogP contribution < -0.4 is 5.56 Å². The standard InChI is InChI=1S/C15H18N4O4/c1-5-18-11-6-9(2)23-14(11)10-7-16-19(15(21)13(10)18)8-12(20)17(3)22-4/h6-7H,5,8H2,1-4H3. The maximum absolute atomic E-state index is 12.7. The van der Waals surface area contributed by atoms with Gasteiger partial charge in [0.25, 0.3) is 11.5 Å². The van der Waals surface area contributed by atoms with E-state index >= 15 is 0 Å². The number of aromatic nitrogens is 3. The van der Waals surface area contributed by atoms with Crippen LogP contribution in [0.1, 0.15) is 12.7 Å². The molecule has 0 unspecified atom stereocenters. The molecule has 0 atom stereocenters. The third kappa shape index (κ3) is 2.31. The topological polar surface area (TPSA) is 82.5 Å². The number of hydroxylamine groups is 2. The van der Waals surface area contributed by atoms with Crippen molar-refractivity contribution in [2.24, 2.45) is 0 Å². The smallest absolute Gasteiger partial charge is 0.291 e. The van der Waals surface area contributed by atoms with E-state index in [2.05, 4.69) is 5.10 Å². The number of likely N-dealkylation sites (N-methyl/N-ethyl adjacent to an activating group) is 1. The predicted molar refractivity (Wildman–Crippen MR) is 84.0 cm³/mol. The summed E-state index contributed by atoms with van der Waals surface area (Å²) in [6, 6.07) is 1.90. The Balaban J connectivity index is 2.19. The van der Waals surface area contributed by atoms with Crippen LogP contribution in [0.4, 0.5) is 0 Å². The molecule has 0 aliphatic carbocycles. The van der Waals surface area contributed by atoms with E-state index in [9.17, 15) is 9.59 Å². The number of nitrogens with zero attached hydrogens (tertiary/aromatic N) is 4. The minimum atomic E-state index is -0.365. The molecule has 0 bridgehead atoms. The van der Waals surface area contributed by atoms with E-state index in [1.165, 1.54) is 14.2 Å². The van der Waals surface area contributed by atoms with E-state index in [1.807, 2.05) is 24.5 Å². The summed E-state index contributed by atoms with van der Waals surface area (Å²) in [4.78, 5) is 29.5. The molecule has 8 nitrogen and oxygen atoms in total. The molecule has 0 aliphatic rings. The Hall–Kier alpha value is -2.61. The Kier molecular flexibility index (Phi) is 3.69. The summed E-state index contributed by atoms with van der Waals surface area (Å²) in [7, 11) is 2.87. The second-order valence-corrected chi connectivity index (χ2v) is 5.26. The normalized spacial score (nSPS) is 11.5. The van der Waals surface area contributed by atoms with Crippen LogP contribution >= 0.6 is 0 Å². The molecular formula is C15H18N4O4. The lowest BCUT2D eigenvalue weighted by atomic mass is 10.3. The average molecular weight is 318 g/mol. The minimum absolute atomic E-state index is 0.186. The molecule has 0 aromatic carbocycles. The maximum Gasteiger partial charge on any atom is 0.291 e. The summed E-state index contributed by atoms with van der Waals surface area (Å²) in [5.74, 6) is 0.413. The average Bonchev–Trinajstić information content (AvgIpc) is 3.04. The molecule has 3 aromatic heterocycles. The highest BCUT2D eigenvalue weighted by molar-refractivity contribution is 6.04. The largest absolute Gasteiger partial charge is 0.459 e. The number of rotatable bonds is 4. The summed E-state index contributed by atoms with van der Waals surface area (Å²) < 4.78 is 8.71. The van der Waals surface area contributed by atoms with E-state index in [0.717, 1.165) is 21.0 Å². The zero-order valence-corrected chi connectivity index (χ0v) is 13.5. The van der Waals surface area contributed by atoms with Crippen molar-refractivity contribution in [3.63, 3.8) is 0 Å². The zero-order chi connectivity index (χ0) is 16.7. The number of carbonyl (C=O) groups excluding carboxylic acids is 1. The first-order chi connectivity index (χ1) is 11.0. The van der Waals surface area contributed by atoms with Crippen molar-refractivity contribution < 1.29 is 14.0 Å². The summed E-state index contributed by atoms with van der Waals surface area (Å²) in [6.07, 6.45) is 1.56. The van der Waals surface area contributed by atoms with Crippen molar-refractivity contribution in [1.82, 2.24) is 19.4 Å². The van der Waals surface area contributed by atoms with Crippen LogP contribution in [0.2, 0.25) is 0 Å². The predicted octanol–water partition coefficient (Wildman–Crippen LogP) is 1.29. The van der Waals surface area contributed by atoms with Gasteiger partial charge in [0.15, 0.2) is 5.58 Å². The van der Waals surface area contributed by atoms with Crippen molar-refractivity contribution in [1.29, 1.82) is 0 Å². The lowest BCUT2D eigenvalue weighted by Gasteiger charge is -2.13. The quantitative estimate of drug-likeness (QED) is 0.677. The molecule has 8 heteroatoms. The zero-order valence-electron chi connectivity index (χ0n) is 13.5. The molecule has 0 saturated carbocycles. The first-order valence-electron chi connectivity index (χ1n) is 7.27. The van der Waals surface area contributed by atoms with Gasteiger partial charge in [-0.15, -0.1) is 0 Å². The number of amides is 1. The van der Waals surface area contributed by atoms with Gasteiger partial charge in [0.1, 0.15) is 17.8 Å². The van der Waals surface area contributed by atoms with Crippen LogP contribution in [0.5, 0.6) is 0 Å². The van der Waals surface area contributed by atoms with E-state index in [0.29, 0.717) is 23.0 Å². The highest BCUT2D eigenvalue weighted by atomic mass is 16.7. The van der Waals surface area contributed by atoms with Gasteiger partial charge in [-0.3, -0.25) is 14.4 Å². The second kappa shape index (κ2) is 5.54. The van der Waals surface area contributed by atoms with E-state index < -0.39 is 0 Å². The fraction of sp³-hybridized carbons (Fsp3) is 0.400. The summed E-state index contributed by atoms with van der Waals surface area (Å²) >= 11 is 0. The van der Waals surface area contributed by atoms with E-state index in [-0.39, 0.29) is 18.0 Å². The first kappa shape index (κ1) is 15.3. The Bertz CT molecular complexity index is 950. The van der Waals surface area contributed by atoms with Gasteiger partial charge in [0.2, 0.25) is 0 Å². The Morgan fingerprint density at radius 3 is 2.87 bits per heavy atom. The van der Waals surface area contributed by atoms with Crippen molar-refractivity contribution in [2.75, 3.05) is 14.2 Å². The lowest BCUT2D eigenvalue weighted by molar-refractivity contribution is -0.169. The Morgan fingerprint density at radius 1 is 1.48 bits per heavy atom. The van der Waals surface area contributed by atoms with Gasteiger partial charge in [-0.1, -0.05) is 0 Å². The van der Waals surface area contributed by atoms with Crippen molar-refractivity contribution in [2.45, 2.75) is 26.9 Å². The molecule has 122 valence electrons. The molecule has 3 aromatic rings. The van der Waals surface area contributed by atoms with Crippen LogP contribution in [-0.4, -0.2) is 39.5 Å². The van der Waals surface area contributed by atoms with Crippen LogP contribution in [0.25, 0.3) is 22.0 Å². The SMILES string of the molecule is CCn1c2cc(C)oc2c2cnn(CC(=O)N(C)OC)c(=O)c21. The molecular weight excluding hydrogens is 300 g/mol. The molecule has 0 N–H and O–H groups in total. The highest BCUT2D eigenvalue weighted by Gasteiger charge is 2.20. The Morgan fingerprint density at radius 2 is 2.22 bits per heavy atom. The summed E-state index contributed by atoms with van der Waals surface area (Å²) in [5.41, 5.74) is 1.67. The van der Waals surface area contributed by atoms with Crippen molar-refractivity contribution in [3.05, 3.63) is 28.4 Å². The maximum atomic E-state index is 12.7. The van der Waals surface area contributed by atoms with E-state index in [1.54, 1.807) is 6.20 Å². The molecule has 0 fully saturated rings. The van der Waals surface area contributed by atoms with Gasteiger partial charge in [-0.05, 0) is 13.8 Å². The molecule has 3 heterocycles. The van der Waals surface area contributed by atoms with Crippen LogP contribution in [0.3, 0.4) is 0 Å². The van der Waals surface area contributed by atoms with Crippen molar-refractivity contribution in [3.8, 4) is 0 Å². The number of hydrogen-bond acceptors (Lipinski definition) is 5. The fourth-order valence-corrected chi connectivity index (χ4v) is 2.69. The molecule has 23 heavy (non-hydrogen) atoms. The highest BCUT2D eigenvalue weighted by Crippen LogP contribution is 2.29. The van der Waals surface area contributed by atoms with Gasteiger partial charge in [0.05, 0.1) is 24.2 Å². The lowest BCUT2D eigenvalue weighted by Crippen LogP contribution is -2.34. The van der Waals surface area contributed by atoms with E-state index in [4.69, 9.17) is 9.25 Å². The van der Waals surface area contributed by atoms with Crippen LogP contribution in [0, 0.1) is 6.92 Å². The third-order valence-electron chi connectivity index (χ3n) is 3.89. The number of furan rings is 1. The number of carbonyl (C=O) groups is 1. The van der Waals surface area contributed by atoms with Gasteiger partial charge in [0, 0.05) is 19.7 Å². The molecule has 0 saturated heterocycles. The van der Waals surface area contributed by atoms with Gasteiger partial charge >= 0.3 is 0 Å². The van der Waals surface area contributed by atoms with Gasteiger partial charge in [-0.2, -0.15) is 5.10 Å². The Labute approximate surface area is 131 Å². The monoisotopic (exact) mass is 318 g/mol. The molecule has 0 spiro atoms. The summed E-state index contributed by atoms with van der Waals surface area (Å²) in [5, 5.41) is 5.82. The van der Waals surface area contributed by atoms with Crippen LogP contribution in [-0.2, 0) is 22.7 Å². The second-order valence-electron chi connectivity index (χ2n) is 5.26.